The third-order valence-electron chi connectivity index (χ3n) is 4.40. The second kappa shape index (κ2) is 8.88. The molecular formula is C20H22N8O2. The first-order valence-electron chi connectivity index (χ1n) is 9.42. The molecule has 0 bridgehead atoms. The number of nitrogens with zero attached hydrogens (tertiary/aromatic N) is 4. The van der Waals surface area contributed by atoms with Crippen molar-refractivity contribution in [1.29, 1.82) is 10.5 Å². The highest BCUT2D eigenvalue weighted by Crippen LogP contribution is 2.42. The van der Waals surface area contributed by atoms with Crippen molar-refractivity contribution in [2.45, 2.75) is 26.3 Å². The number of pyridine rings is 1. The zero-order valence-corrected chi connectivity index (χ0v) is 16.7. The van der Waals surface area contributed by atoms with E-state index in [2.05, 4.69) is 20.6 Å². The molecule has 10 heteroatoms. The fourth-order valence-corrected chi connectivity index (χ4v) is 3.12. The Morgan fingerprint density at radius 1 is 1.20 bits per heavy atom. The van der Waals surface area contributed by atoms with Gasteiger partial charge in [-0.3, -0.25) is 5.32 Å². The summed E-state index contributed by atoms with van der Waals surface area (Å²) in [5.74, 6) is 1.70. The minimum absolute atomic E-state index is 0.00322. The summed E-state index contributed by atoms with van der Waals surface area (Å²) in [6.45, 7) is 4.92. The van der Waals surface area contributed by atoms with Crippen LogP contribution in [0.3, 0.4) is 0 Å². The van der Waals surface area contributed by atoms with Crippen LogP contribution in [0.5, 0.6) is 11.5 Å². The lowest BCUT2D eigenvalue weighted by Gasteiger charge is -2.26. The zero-order valence-electron chi connectivity index (χ0n) is 16.7. The number of ether oxygens (including phenoxy) is 2. The normalized spacial score (nSPS) is 14.4. The van der Waals surface area contributed by atoms with Crippen molar-refractivity contribution in [3.63, 3.8) is 0 Å². The first-order valence-corrected chi connectivity index (χ1v) is 9.42. The van der Waals surface area contributed by atoms with E-state index in [1.165, 1.54) is 0 Å². The molecular weight excluding hydrogens is 384 g/mol. The van der Waals surface area contributed by atoms with E-state index in [4.69, 9.17) is 26.2 Å². The van der Waals surface area contributed by atoms with Crippen molar-refractivity contribution in [2.75, 3.05) is 30.0 Å². The van der Waals surface area contributed by atoms with E-state index in [1.54, 1.807) is 6.07 Å². The number of nitrogen functional groups attached to an aromatic ring is 2. The average Bonchev–Trinajstić information content (AvgIpc) is 2.73. The summed E-state index contributed by atoms with van der Waals surface area (Å²) in [7, 11) is 0. The van der Waals surface area contributed by atoms with Gasteiger partial charge in [0, 0.05) is 5.56 Å². The molecule has 2 heterocycles. The van der Waals surface area contributed by atoms with Crippen LogP contribution in [0.15, 0.2) is 23.2 Å². The van der Waals surface area contributed by atoms with Crippen LogP contribution in [0.1, 0.15) is 43.0 Å². The van der Waals surface area contributed by atoms with Gasteiger partial charge >= 0.3 is 0 Å². The van der Waals surface area contributed by atoms with Crippen molar-refractivity contribution in [1.82, 2.24) is 10.3 Å². The number of nitriles is 2. The number of anilines is 3. The number of rotatable bonds is 6. The molecule has 2 aromatic rings. The average molecular weight is 406 g/mol. The van der Waals surface area contributed by atoms with E-state index in [-0.39, 0.29) is 23.0 Å². The Morgan fingerprint density at radius 2 is 2.00 bits per heavy atom. The molecule has 10 nitrogen and oxygen atoms in total. The van der Waals surface area contributed by atoms with Crippen molar-refractivity contribution in [2.24, 2.45) is 4.99 Å². The van der Waals surface area contributed by atoms with E-state index >= 15 is 0 Å². The predicted octanol–water partition coefficient (Wildman–Crippen LogP) is 2.25. The molecule has 1 aliphatic heterocycles. The first-order chi connectivity index (χ1) is 14.5. The van der Waals surface area contributed by atoms with Gasteiger partial charge in [-0.2, -0.15) is 10.5 Å². The van der Waals surface area contributed by atoms with Crippen molar-refractivity contribution in [3.05, 3.63) is 34.9 Å². The Morgan fingerprint density at radius 3 is 2.67 bits per heavy atom. The lowest BCUT2D eigenvalue weighted by atomic mass is 9.95. The molecule has 1 aliphatic rings. The summed E-state index contributed by atoms with van der Waals surface area (Å²) in [5.41, 5.74) is 13.6. The molecule has 30 heavy (non-hydrogen) atoms. The van der Waals surface area contributed by atoms with E-state index in [0.29, 0.717) is 36.1 Å². The Bertz CT molecular complexity index is 1070. The molecule has 0 spiro atoms. The molecule has 0 saturated heterocycles. The molecule has 1 aromatic carbocycles. The Kier molecular flexibility index (Phi) is 6.08. The van der Waals surface area contributed by atoms with E-state index < -0.39 is 6.04 Å². The third kappa shape index (κ3) is 3.84. The van der Waals surface area contributed by atoms with Gasteiger partial charge in [-0.05, 0) is 31.0 Å². The lowest BCUT2D eigenvalue weighted by Crippen LogP contribution is -2.32. The van der Waals surface area contributed by atoms with Crippen molar-refractivity contribution in [3.8, 4) is 23.8 Å². The van der Waals surface area contributed by atoms with Crippen molar-refractivity contribution < 1.29 is 9.47 Å². The number of guanidine groups is 1. The summed E-state index contributed by atoms with van der Waals surface area (Å²) in [4.78, 5) is 8.80. The standard InChI is InChI=1S/C20H22N8O2/c1-3-7-30-13-6-5-11(8-14(13)29-4-2)17-15-16(23)12(9-21)18(24)27-19(15)28-20(26-17)25-10-22/h5-6,8,17H,3-4,7H2,1-2H3,(H6,23,24,25,26,27,28). The third-order valence-corrected chi connectivity index (χ3v) is 4.40. The highest BCUT2D eigenvalue weighted by molar-refractivity contribution is 5.98. The topological polar surface area (TPSA) is 167 Å². The highest BCUT2D eigenvalue weighted by Gasteiger charge is 2.30. The summed E-state index contributed by atoms with van der Waals surface area (Å²) >= 11 is 0. The molecule has 1 aromatic heterocycles. The molecule has 0 amide bonds. The molecule has 1 unspecified atom stereocenters. The Labute approximate surface area is 174 Å². The van der Waals surface area contributed by atoms with Crippen LogP contribution in [0.4, 0.5) is 17.3 Å². The minimum Gasteiger partial charge on any atom is -0.490 e. The van der Waals surface area contributed by atoms with E-state index in [9.17, 15) is 5.26 Å². The molecule has 0 aliphatic carbocycles. The maximum Gasteiger partial charge on any atom is 0.211 e. The summed E-state index contributed by atoms with van der Waals surface area (Å²) in [6.07, 6.45) is 2.69. The van der Waals surface area contributed by atoms with Gasteiger partial charge in [-0.25, -0.2) is 9.98 Å². The monoisotopic (exact) mass is 406 g/mol. The molecule has 0 fully saturated rings. The second-order valence-electron chi connectivity index (χ2n) is 6.39. The molecule has 0 radical (unpaired) electrons. The van der Waals surface area contributed by atoms with E-state index in [0.717, 1.165) is 12.0 Å². The summed E-state index contributed by atoms with van der Waals surface area (Å²) in [5, 5.41) is 23.8. The SMILES string of the molecule is CCCOc1ccc(C2N=C(NC#N)Nc3nc(N)c(C#N)c(N)c32)cc1OCC. The maximum atomic E-state index is 9.43. The van der Waals surface area contributed by atoms with Gasteiger partial charge in [0.1, 0.15) is 29.3 Å². The second-order valence-corrected chi connectivity index (χ2v) is 6.39. The minimum atomic E-state index is -0.642. The molecule has 6 N–H and O–H groups in total. The number of benzene rings is 1. The fourth-order valence-electron chi connectivity index (χ4n) is 3.12. The lowest BCUT2D eigenvalue weighted by molar-refractivity contribution is 0.276. The van der Waals surface area contributed by atoms with Gasteiger partial charge in [0.15, 0.2) is 17.7 Å². The number of hydrogen-bond acceptors (Lipinski definition) is 10. The van der Waals surface area contributed by atoms with Gasteiger partial charge in [0.2, 0.25) is 5.96 Å². The van der Waals surface area contributed by atoms with Crippen LogP contribution >= 0.6 is 0 Å². The largest absolute Gasteiger partial charge is 0.490 e. The van der Waals surface area contributed by atoms with Gasteiger partial charge in [0.25, 0.3) is 0 Å². The Hall–Kier alpha value is -4.18. The number of aliphatic imine (C=N–C) groups is 1. The predicted molar refractivity (Wildman–Crippen MR) is 113 cm³/mol. The summed E-state index contributed by atoms with van der Waals surface area (Å²) in [6, 6.07) is 6.79. The highest BCUT2D eigenvalue weighted by atomic mass is 16.5. The summed E-state index contributed by atoms with van der Waals surface area (Å²) < 4.78 is 11.5. The van der Waals surface area contributed by atoms with Gasteiger partial charge in [-0.15, -0.1) is 0 Å². The van der Waals surface area contributed by atoms with Crippen LogP contribution in [-0.2, 0) is 0 Å². The molecule has 1 atom stereocenters. The number of fused-ring (bicyclic) bond motifs is 1. The Balaban J connectivity index is 2.16. The quantitative estimate of drug-likeness (QED) is 0.415. The smallest absolute Gasteiger partial charge is 0.211 e. The molecule has 154 valence electrons. The number of aromatic nitrogens is 1. The van der Waals surface area contributed by atoms with Crippen LogP contribution in [-0.4, -0.2) is 24.2 Å². The number of nitrogens with two attached hydrogens (primary N) is 2. The van der Waals surface area contributed by atoms with Gasteiger partial charge < -0.3 is 26.3 Å². The maximum absolute atomic E-state index is 9.43. The van der Waals surface area contributed by atoms with Gasteiger partial charge in [0.05, 0.1) is 18.9 Å². The van der Waals surface area contributed by atoms with Crippen LogP contribution in [0, 0.1) is 22.8 Å². The van der Waals surface area contributed by atoms with Gasteiger partial charge in [-0.1, -0.05) is 13.0 Å². The van der Waals surface area contributed by atoms with E-state index in [1.807, 2.05) is 38.2 Å². The fraction of sp³-hybridized carbons (Fsp3) is 0.300. The van der Waals surface area contributed by atoms with Crippen molar-refractivity contribution >= 4 is 23.3 Å². The van der Waals surface area contributed by atoms with Crippen LogP contribution < -0.4 is 31.6 Å². The molecule has 3 rings (SSSR count). The number of nitrogens with one attached hydrogen (secondary N) is 2. The molecule has 0 saturated carbocycles. The van der Waals surface area contributed by atoms with Crippen LogP contribution in [0.25, 0.3) is 0 Å². The number of hydrogen-bond donors (Lipinski definition) is 4. The zero-order chi connectivity index (χ0) is 21.7. The van der Waals surface area contributed by atoms with Crippen LogP contribution in [0.2, 0.25) is 0 Å². The first kappa shape index (κ1) is 20.6.